The van der Waals surface area contributed by atoms with Crippen LogP contribution in [-0.4, -0.2) is 42.6 Å². The van der Waals surface area contributed by atoms with Crippen LogP contribution in [0, 0.1) is 6.92 Å². The van der Waals surface area contributed by atoms with Crippen molar-refractivity contribution in [1.82, 2.24) is 14.9 Å². The molecule has 1 N–H and O–H groups in total. The fourth-order valence-corrected chi connectivity index (χ4v) is 1.19. The Balaban J connectivity index is 2.71. The summed E-state index contributed by atoms with van der Waals surface area (Å²) < 4.78 is 0. The standard InChI is InChI=1S/C10H18N4/c1-8-7-10(11-2)13-9(12-8)5-6-14(3)4/h7H,5-6H2,1-4H3,(H,11,12,13). The summed E-state index contributed by atoms with van der Waals surface area (Å²) in [4.78, 5) is 10.9. The van der Waals surface area contributed by atoms with Crippen molar-refractivity contribution in [2.24, 2.45) is 0 Å². The van der Waals surface area contributed by atoms with Crippen molar-refractivity contribution in [3.05, 3.63) is 17.6 Å². The molecule has 0 spiro atoms. The Morgan fingerprint density at radius 3 is 2.64 bits per heavy atom. The zero-order valence-electron chi connectivity index (χ0n) is 9.33. The Bertz CT molecular complexity index is 296. The van der Waals surface area contributed by atoms with Crippen molar-refractivity contribution in [2.75, 3.05) is 33.0 Å². The van der Waals surface area contributed by atoms with Crippen LogP contribution in [0.25, 0.3) is 0 Å². The van der Waals surface area contributed by atoms with Crippen molar-refractivity contribution >= 4 is 5.82 Å². The van der Waals surface area contributed by atoms with Gasteiger partial charge in [0.05, 0.1) is 0 Å². The topological polar surface area (TPSA) is 41.1 Å². The summed E-state index contributed by atoms with van der Waals surface area (Å²) in [6, 6.07) is 1.94. The number of likely N-dealkylation sites (N-methyl/N-ethyl adjacent to an activating group) is 1. The van der Waals surface area contributed by atoms with Crippen LogP contribution >= 0.6 is 0 Å². The highest BCUT2D eigenvalue weighted by Gasteiger charge is 2.01. The Hall–Kier alpha value is -1.16. The van der Waals surface area contributed by atoms with Crippen LogP contribution in [0.3, 0.4) is 0 Å². The van der Waals surface area contributed by atoms with Gasteiger partial charge in [0, 0.05) is 31.8 Å². The lowest BCUT2D eigenvalue weighted by Crippen LogP contribution is -2.16. The van der Waals surface area contributed by atoms with E-state index in [9.17, 15) is 0 Å². The van der Waals surface area contributed by atoms with Crippen LogP contribution in [0.4, 0.5) is 5.82 Å². The summed E-state index contributed by atoms with van der Waals surface area (Å²) in [6.45, 7) is 2.97. The van der Waals surface area contributed by atoms with Gasteiger partial charge < -0.3 is 10.2 Å². The molecule has 0 atom stereocenters. The average molecular weight is 194 g/mol. The van der Waals surface area contributed by atoms with E-state index < -0.39 is 0 Å². The summed E-state index contributed by atoms with van der Waals surface area (Å²) in [5.41, 5.74) is 1.01. The van der Waals surface area contributed by atoms with E-state index in [1.165, 1.54) is 0 Å². The number of rotatable bonds is 4. The average Bonchev–Trinajstić information content (AvgIpc) is 2.14. The van der Waals surface area contributed by atoms with Crippen LogP contribution in [-0.2, 0) is 6.42 Å². The third kappa shape index (κ3) is 3.30. The first kappa shape index (κ1) is 10.9. The smallest absolute Gasteiger partial charge is 0.132 e. The monoisotopic (exact) mass is 194 g/mol. The Morgan fingerprint density at radius 1 is 1.36 bits per heavy atom. The van der Waals surface area contributed by atoms with Crippen LogP contribution < -0.4 is 5.32 Å². The van der Waals surface area contributed by atoms with Gasteiger partial charge >= 0.3 is 0 Å². The van der Waals surface area contributed by atoms with Crippen molar-refractivity contribution in [2.45, 2.75) is 13.3 Å². The molecule has 1 rings (SSSR count). The predicted octanol–water partition coefficient (Wildman–Crippen LogP) is 0.931. The van der Waals surface area contributed by atoms with Gasteiger partial charge in [0.2, 0.25) is 0 Å². The second-order valence-electron chi connectivity index (χ2n) is 3.61. The molecular weight excluding hydrogens is 176 g/mol. The van der Waals surface area contributed by atoms with E-state index >= 15 is 0 Å². The Labute approximate surface area is 85.4 Å². The molecule has 1 heterocycles. The molecule has 4 heteroatoms. The minimum Gasteiger partial charge on any atom is -0.373 e. The maximum atomic E-state index is 4.38. The number of aromatic nitrogens is 2. The number of anilines is 1. The highest BCUT2D eigenvalue weighted by Crippen LogP contribution is 2.05. The first-order valence-corrected chi connectivity index (χ1v) is 4.79. The summed E-state index contributed by atoms with van der Waals surface area (Å²) >= 11 is 0. The number of aryl methyl sites for hydroxylation is 1. The van der Waals surface area contributed by atoms with Gasteiger partial charge in [-0.1, -0.05) is 0 Å². The molecule has 0 saturated carbocycles. The van der Waals surface area contributed by atoms with Gasteiger partial charge in [0.15, 0.2) is 0 Å². The van der Waals surface area contributed by atoms with Crippen LogP contribution in [0.1, 0.15) is 11.5 Å². The quantitative estimate of drug-likeness (QED) is 0.774. The zero-order valence-corrected chi connectivity index (χ0v) is 9.33. The SMILES string of the molecule is CNc1cc(C)nc(CCN(C)C)n1. The molecule has 0 aromatic carbocycles. The third-order valence-electron chi connectivity index (χ3n) is 1.94. The maximum absolute atomic E-state index is 4.38. The van der Waals surface area contributed by atoms with Crippen LogP contribution in [0.5, 0.6) is 0 Å². The molecule has 1 aromatic rings. The molecule has 0 saturated heterocycles. The predicted molar refractivity (Wildman–Crippen MR) is 58.6 cm³/mol. The van der Waals surface area contributed by atoms with Crippen molar-refractivity contribution < 1.29 is 0 Å². The highest BCUT2D eigenvalue weighted by atomic mass is 15.1. The molecule has 14 heavy (non-hydrogen) atoms. The molecule has 0 amide bonds. The lowest BCUT2D eigenvalue weighted by molar-refractivity contribution is 0.409. The molecule has 78 valence electrons. The van der Waals surface area contributed by atoms with E-state index in [4.69, 9.17) is 0 Å². The molecule has 0 unspecified atom stereocenters. The van der Waals surface area contributed by atoms with Gasteiger partial charge in [-0.3, -0.25) is 0 Å². The summed E-state index contributed by atoms with van der Waals surface area (Å²) in [5.74, 6) is 1.80. The minimum absolute atomic E-state index is 0.892. The molecule has 0 aliphatic heterocycles. The largest absolute Gasteiger partial charge is 0.373 e. The van der Waals surface area contributed by atoms with E-state index in [-0.39, 0.29) is 0 Å². The normalized spacial score (nSPS) is 10.6. The lowest BCUT2D eigenvalue weighted by atomic mass is 10.3. The second kappa shape index (κ2) is 4.91. The van der Waals surface area contributed by atoms with Crippen molar-refractivity contribution in [3.63, 3.8) is 0 Å². The number of hydrogen-bond acceptors (Lipinski definition) is 4. The van der Waals surface area contributed by atoms with E-state index in [2.05, 4.69) is 34.3 Å². The minimum atomic E-state index is 0.892. The fourth-order valence-electron chi connectivity index (χ4n) is 1.19. The lowest BCUT2D eigenvalue weighted by Gasteiger charge is -2.09. The van der Waals surface area contributed by atoms with Gasteiger partial charge in [-0.05, 0) is 21.0 Å². The molecule has 0 radical (unpaired) electrons. The van der Waals surface area contributed by atoms with E-state index in [0.29, 0.717) is 0 Å². The maximum Gasteiger partial charge on any atom is 0.132 e. The molecule has 0 aliphatic rings. The van der Waals surface area contributed by atoms with E-state index in [1.54, 1.807) is 0 Å². The van der Waals surface area contributed by atoms with Crippen molar-refractivity contribution in [1.29, 1.82) is 0 Å². The Kier molecular flexibility index (Phi) is 3.83. The highest BCUT2D eigenvalue weighted by molar-refractivity contribution is 5.34. The van der Waals surface area contributed by atoms with Crippen LogP contribution in [0.2, 0.25) is 0 Å². The van der Waals surface area contributed by atoms with Gasteiger partial charge in [0.25, 0.3) is 0 Å². The zero-order chi connectivity index (χ0) is 10.6. The number of nitrogens with zero attached hydrogens (tertiary/aromatic N) is 3. The first-order valence-electron chi connectivity index (χ1n) is 4.79. The Morgan fingerprint density at radius 2 is 2.07 bits per heavy atom. The van der Waals surface area contributed by atoms with Gasteiger partial charge in [0.1, 0.15) is 11.6 Å². The summed E-state index contributed by atoms with van der Waals surface area (Å²) in [7, 11) is 5.97. The molecule has 4 nitrogen and oxygen atoms in total. The van der Waals surface area contributed by atoms with Gasteiger partial charge in [-0.2, -0.15) is 0 Å². The first-order chi connectivity index (χ1) is 6.61. The second-order valence-corrected chi connectivity index (χ2v) is 3.61. The van der Waals surface area contributed by atoms with E-state index in [1.807, 2.05) is 20.0 Å². The molecule has 0 bridgehead atoms. The summed E-state index contributed by atoms with van der Waals surface area (Å²) in [5, 5.41) is 3.03. The molecule has 1 aromatic heterocycles. The number of hydrogen-bond donors (Lipinski definition) is 1. The molecule has 0 aliphatic carbocycles. The third-order valence-corrected chi connectivity index (χ3v) is 1.94. The summed E-state index contributed by atoms with van der Waals surface area (Å²) in [6.07, 6.45) is 0.892. The number of nitrogens with one attached hydrogen (secondary N) is 1. The van der Waals surface area contributed by atoms with Gasteiger partial charge in [-0.15, -0.1) is 0 Å². The fraction of sp³-hybridized carbons (Fsp3) is 0.600. The molecular formula is C10H18N4. The van der Waals surface area contributed by atoms with Gasteiger partial charge in [-0.25, -0.2) is 9.97 Å². The van der Waals surface area contributed by atoms with Crippen molar-refractivity contribution in [3.8, 4) is 0 Å². The van der Waals surface area contributed by atoms with E-state index in [0.717, 1.165) is 30.3 Å². The molecule has 0 fully saturated rings. The van der Waals surface area contributed by atoms with Crippen LogP contribution in [0.15, 0.2) is 6.07 Å².